The molecule has 1 saturated heterocycles. The first-order valence-corrected chi connectivity index (χ1v) is 37.9. The van der Waals surface area contributed by atoms with Crippen molar-refractivity contribution < 1.29 is 63.0 Å². The van der Waals surface area contributed by atoms with Crippen LogP contribution in [-0.4, -0.2) is 210 Å². The van der Waals surface area contributed by atoms with Gasteiger partial charge in [-0.3, -0.25) is 67.7 Å². The molecule has 596 valence electrons. The Balaban J connectivity index is 1.29. The smallest absolute Gasteiger partial charge is 0.245 e. The number of aliphatic imine (C=N–C) groups is 2. The highest BCUT2D eigenvalue weighted by molar-refractivity contribution is 6.30. The predicted octanol–water partition coefficient (Wildman–Crippen LogP) is 1.49. The molecule has 0 radical (unpaired) electrons. The summed E-state index contributed by atoms with van der Waals surface area (Å²) in [5, 5.41) is 60.7. The summed E-state index contributed by atoms with van der Waals surface area (Å²) < 4.78 is 0. The summed E-state index contributed by atoms with van der Waals surface area (Å²) in [7, 11) is 0. The third-order valence-electron chi connectivity index (χ3n) is 18.0. The van der Waals surface area contributed by atoms with E-state index in [1.807, 2.05) is 84.0 Å². The number of phenols is 1. The molecule has 4 aromatic carbocycles. The Hall–Kier alpha value is -10.9. The van der Waals surface area contributed by atoms with Gasteiger partial charge in [0.05, 0.1) is 6.61 Å². The number of aliphatic hydroxyl groups is 1. The van der Waals surface area contributed by atoms with Crippen LogP contribution in [0.4, 0.5) is 0 Å². The number of nitrogens with zero attached hydrogens (tertiary/aromatic N) is 4. The molecule has 0 bridgehead atoms. The number of likely N-dealkylation sites (tertiary alicyclic amines) is 1. The van der Waals surface area contributed by atoms with Gasteiger partial charge in [0, 0.05) is 95.8 Å². The van der Waals surface area contributed by atoms with Gasteiger partial charge in [-0.1, -0.05) is 98.2 Å². The van der Waals surface area contributed by atoms with Crippen LogP contribution in [0.3, 0.4) is 0 Å². The topological polar surface area (TPSA) is 451 Å². The van der Waals surface area contributed by atoms with Crippen LogP contribution in [0.25, 0.3) is 10.8 Å². The Kier molecular flexibility index (Phi) is 36.6. The molecule has 110 heavy (non-hydrogen) atoms. The Bertz CT molecular complexity index is 3930. The quantitative estimate of drug-likeness (QED) is 0.0149. The number of halogens is 1. The van der Waals surface area contributed by atoms with E-state index in [2.05, 4.69) is 84.1 Å². The number of hydrogen-bond acceptors (Lipinski definition) is 16. The number of guanidine groups is 2. The number of primary amides is 1. The van der Waals surface area contributed by atoms with Crippen LogP contribution in [0.1, 0.15) is 123 Å². The van der Waals surface area contributed by atoms with E-state index in [-0.39, 0.29) is 95.5 Å². The minimum atomic E-state index is -1.82. The number of benzene rings is 4. The van der Waals surface area contributed by atoms with E-state index in [0.29, 0.717) is 71.8 Å². The third kappa shape index (κ3) is 29.2. The number of pyridine rings is 1. The number of phenolic OH excluding ortho intramolecular Hbond substituents is 1. The number of aromatic nitrogens is 1. The van der Waals surface area contributed by atoms with Gasteiger partial charge in [0.1, 0.15) is 66.2 Å². The van der Waals surface area contributed by atoms with Crippen molar-refractivity contribution in [3.63, 3.8) is 0 Å². The Morgan fingerprint density at radius 1 is 0.527 bits per heavy atom. The fourth-order valence-electron chi connectivity index (χ4n) is 12.4. The highest BCUT2D eigenvalue weighted by Gasteiger charge is 2.40. The average molecular weight is 1540 g/mol. The molecule has 1 aromatic heterocycles. The molecule has 10 atom stereocenters. The Labute approximate surface area is 647 Å². The third-order valence-corrected chi connectivity index (χ3v) is 18.2. The van der Waals surface area contributed by atoms with Gasteiger partial charge >= 0.3 is 0 Å². The minimum Gasteiger partial charge on any atom is -0.508 e. The van der Waals surface area contributed by atoms with E-state index in [0.717, 1.165) is 10.8 Å². The summed E-state index contributed by atoms with van der Waals surface area (Å²) >= 11 is 6.26. The molecule has 1 aliphatic rings. The number of carbonyl (C=O) groups excluding carboxylic acids is 11. The van der Waals surface area contributed by atoms with Gasteiger partial charge in [-0.15, -0.1) is 0 Å². The molecule has 0 aliphatic carbocycles. The van der Waals surface area contributed by atoms with E-state index >= 15 is 9.59 Å². The number of fused-ring (bicyclic) bond motifs is 1. The first-order valence-electron chi connectivity index (χ1n) is 37.6. The second-order valence-electron chi connectivity index (χ2n) is 27.3. The Morgan fingerprint density at radius 3 is 1.48 bits per heavy atom. The first kappa shape index (κ1) is 88.0. The second-order valence-corrected chi connectivity index (χ2v) is 27.8. The van der Waals surface area contributed by atoms with Gasteiger partial charge < -0.3 is 90.0 Å². The van der Waals surface area contributed by atoms with Crippen molar-refractivity contribution in [1.29, 1.82) is 0 Å². The summed E-state index contributed by atoms with van der Waals surface area (Å²) in [5.41, 5.74) is 7.59. The van der Waals surface area contributed by atoms with Crippen LogP contribution in [0, 0.1) is 5.92 Å². The number of nitrogens with two attached hydrogens (primary N) is 1. The van der Waals surface area contributed by atoms with Crippen LogP contribution in [0.15, 0.2) is 126 Å². The van der Waals surface area contributed by atoms with E-state index in [9.17, 15) is 53.4 Å². The lowest BCUT2D eigenvalue weighted by atomic mass is 9.99. The highest BCUT2D eigenvalue weighted by Crippen LogP contribution is 2.23. The van der Waals surface area contributed by atoms with Crippen molar-refractivity contribution in [1.82, 2.24) is 79.0 Å². The minimum absolute atomic E-state index is 0.0335. The van der Waals surface area contributed by atoms with Crippen LogP contribution >= 0.6 is 11.6 Å². The lowest BCUT2D eigenvalue weighted by Gasteiger charge is -2.31. The largest absolute Gasteiger partial charge is 0.508 e. The van der Waals surface area contributed by atoms with Crippen molar-refractivity contribution in [2.24, 2.45) is 21.6 Å². The number of rotatable bonds is 42. The number of aromatic hydroxyl groups is 1. The Morgan fingerprint density at radius 2 is 0.973 bits per heavy atom. The predicted molar refractivity (Wildman–Crippen MR) is 420 cm³/mol. The summed E-state index contributed by atoms with van der Waals surface area (Å²) in [6.45, 7) is 15.6. The molecule has 2 heterocycles. The maximum atomic E-state index is 15.2. The molecule has 6 rings (SSSR count). The van der Waals surface area contributed by atoms with Gasteiger partial charge in [0.15, 0.2) is 11.9 Å². The van der Waals surface area contributed by atoms with Crippen LogP contribution in [0.2, 0.25) is 5.02 Å². The van der Waals surface area contributed by atoms with Crippen molar-refractivity contribution in [2.45, 2.75) is 186 Å². The summed E-state index contributed by atoms with van der Waals surface area (Å²) in [5.74, 6) is -8.00. The van der Waals surface area contributed by atoms with Crippen LogP contribution in [0.5, 0.6) is 5.75 Å². The molecule has 31 nitrogen and oxygen atoms in total. The molecule has 0 spiro atoms. The van der Waals surface area contributed by atoms with Crippen molar-refractivity contribution in [3.8, 4) is 5.75 Å². The molecule has 1 fully saturated rings. The summed E-state index contributed by atoms with van der Waals surface area (Å²) in [4.78, 5) is 172. The zero-order valence-electron chi connectivity index (χ0n) is 63.9. The van der Waals surface area contributed by atoms with E-state index in [1.54, 1.807) is 36.4 Å². The van der Waals surface area contributed by atoms with E-state index in [4.69, 9.17) is 17.3 Å². The fourth-order valence-corrected chi connectivity index (χ4v) is 12.5. The number of aliphatic hydroxyl groups excluding tert-OH is 1. The van der Waals surface area contributed by atoms with E-state index in [1.165, 1.54) is 55.4 Å². The number of nitrogens with one attached hydrogen (secondary N) is 13. The molecule has 11 amide bonds. The van der Waals surface area contributed by atoms with Gasteiger partial charge in [0.25, 0.3) is 0 Å². The maximum absolute atomic E-state index is 15.2. The molecule has 17 N–H and O–H groups in total. The lowest BCUT2D eigenvalue weighted by molar-refractivity contribution is -0.142. The summed E-state index contributed by atoms with van der Waals surface area (Å²) in [6, 6.07) is 15.1. The van der Waals surface area contributed by atoms with Crippen molar-refractivity contribution in [2.75, 3.05) is 52.4 Å². The zero-order valence-corrected chi connectivity index (χ0v) is 64.6. The zero-order chi connectivity index (χ0) is 80.2. The fraction of sp³-hybridized carbons (Fsp3) is 0.487. The van der Waals surface area contributed by atoms with Gasteiger partial charge in [-0.05, 0) is 149 Å². The SMILES string of the molecule is CCNC(=NCCC[C@H](NC(=O)[C@H](CC(C)C)NC(=O)[C@@H](CCCN=C(NCC)NCC)NC(=O)[C@H](Cc1ccc(O)cc1)NC(=O)[C@H](CO)NC(=O)[C@@H](Cc1cccnc1)NC(=O)[C@@H](Cc1ccc(Cl)cc1)NC(=O)[C@@H](Cc1ccc2ccccc2c1)NC(C)=O)C(=O)N1CCC[C@H]1C(=O)N[C@H](C)C(N)=O)NCC. The normalized spacial score (nSPS) is 14.9. The van der Waals surface area contributed by atoms with Crippen LogP contribution < -0.4 is 74.9 Å². The van der Waals surface area contributed by atoms with Gasteiger partial charge in [-0.25, -0.2) is 0 Å². The van der Waals surface area contributed by atoms with E-state index < -0.39 is 132 Å². The average Bonchev–Trinajstić information content (AvgIpc) is 1.55. The lowest BCUT2D eigenvalue weighted by Crippen LogP contribution is -2.61. The molecule has 32 heteroatoms. The number of carbonyl (C=O) groups is 11. The monoisotopic (exact) mass is 1540 g/mol. The summed E-state index contributed by atoms with van der Waals surface area (Å²) in [6.07, 6.45) is 3.48. The second kappa shape index (κ2) is 45.8. The van der Waals surface area contributed by atoms with Crippen LogP contribution in [-0.2, 0) is 78.4 Å². The first-order chi connectivity index (χ1) is 52.7. The molecule has 1 aliphatic heterocycles. The van der Waals surface area contributed by atoms with Crippen molar-refractivity contribution >= 4 is 99.3 Å². The maximum Gasteiger partial charge on any atom is 0.245 e. The molecule has 0 unspecified atom stereocenters. The molecular weight excluding hydrogens is 1430 g/mol. The van der Waals surface area contributed by atoms with Crippen molar-refractivity contribution in [3.05, 3.63) is 143 Å². The van der Waals surface area contributed by atoms with Gasteiger partial charge in [0.2, 0.25) is 65.0 Å². The molecule has 0 saturated carbocycles. The molecule has 5 aromatic rings. The van der Waals surface area contributed by atoms with Gasteiger partial charge in [-0.2, -0.15) is 0 Å². The molecular formula is C78H109ClN18O13. The number of amides is 11. The highest BCUT2D eigenvalue weighted by atomic mass is 35.5. The standard InChI is InChI=1S/C78H109ClN18O13/c1-9-82-77(83-10-2)86-36-16-22-58(68(102)92-60(39-47(5)6)69(103)91-59(23-17-37-87-78(84-11-3)85-12-4)76(110)97-38-18-24-66(97)75(109)88-48(7)67(80)101)90-71(105)62(42-51-28-33-57(100)34-29-51)95-74(108)65(46-98)96-73(107)64(44-53-19-15-35-81-45-53)94-72(106)63(41-50-26-31-56(79)32-27-50)93-70(104)61(89-49(8)99)43-52-25-30-54-20-13-14-21-55(54)40-52/h13-15,19-21,25-35,40,45,47-48,58-66,98,100H,9-12,16-18,22-24,36-39,41-44,46H2,1-8H3,(H2,80,101)(H,88,109)(H,89,99)(H,90,105)(H,91,103)(H,92,102)(H,93,104)(H,94,106)(H,95,108)(H,96,107)(H2,82,83,86)(H2,84,85,87)/t48-,58-,59+,60+,61-,62+,63-,64-,65+,66+/m1/s1. The number of hydrogen-bond donors (Lipinski definition) is 16.